The van der Waals surface area contributed by atoms with Crippen LogP contribution < -0.4 is 5.73 Å². The highest BCUT2D eigenvalue weighted by atomic mass is 35.5. The average Bonchev–Trinajstić information content (AvgIpc) is 1.67. The molecule has 0 bridgehead atoms. The summed E-state index contributed by atoms with van der Waals surface area (Å²) >= 11 is 10.7. The van der Waals surface area contributed by atoms with Gasteiger partial charge in [0.15, 0.2) is 4.33 Å². The lowest BCUT2D eigenvalue weighted by Crippen LogP contribution is -2.32. The summed E-state index contributed by atoms with van der Waals surface area (Å²) in [6.07, 6.45) is 0.339. The Balaban J connectivity index is 3.91. The van der Waals surface area contributed by atoms with Crippen LogP contribution in [0.1, 0.15) is 13.3 Å². The molecule has 8 heavy (non-hydrogen) atoms. The van der Waals surface area contributed by atoms with E-state index in [1.54, 1.807) is 6.92 Å². The average molecular weight is 156 g/mol. The van der Waals surface area contributed by atoms with Gasteiger partial charge < -0.3 is 5.73 Å². The lowest BCUT2D eigenvalue weighted by Gasteiger charge is -2.10. The molecule has 0 rings (SSSR count). The first-order valence-corrected chi connectivity index (χ1v) is 2.94. The molecule has 0 aliphatic heterocycles. The number of primary amides is 1. The van der Waals surface area contributed by atoms with E-state index < -0.39 is 10.2 Å². The van der Waals surface area contributed by atoms with E-state index in [-0.39, 0.29) is 0 Å². The van der Waals surface area contributed by atoms with E-state index in [1.165, 1.54) is 0 Å². The predicted octanol–water partition coefficient (Wildman–Crippen LogP) is 1.06. The van der Waals surface area contributed by atoms with E-state index in [2.05, 4.69) is 0 Å². The lowest BCUT2D eigenvalue weighted by atomic mass is 10.3. The second-order valence-corrected chi connectivity index (χ2v) is 2.91. The maximum absolute atomic E-state index is 10.2. The molecule has 2 nitrogen and oxygen atoms in total. The number of hydrogen-bond donors (Lipinski definition) is 1. The van der Waals surface area contributed by atoms with Gasteiger partial charge in [-0.3, -0.25) is 4.79 Å². The van der Waals surface area contributed by atoms with Gasteiger partial charge in [0.2, 0.25) is 0 Å². The summed E-state index contributed by atoms with van der Waals surface area (Å²) in [6.45, 7) is 1.69. The third-order valence-corrected chi connectivity index (χ3v) is 1.71. The van der Waals surface area contributed by atoms with Gasteiger partial charge in [0.05, 0.1) is 0 Å². The van der Waals surface area contributed by atoms with E-state index in [0.29, 0.717) is 6.42 Å². The summed E-state index contributed by atoms with van der Waals surface area (Å²) in [5.74, 6) is -0.691. The smallest absolute Gasteiger partial charge is 0.253 e. The highest BCUT2D eigenvalue weighted by Gasteiger charge is 2.28. The molecule has 0 aromatic rings. The van der Waals surface area contributed by atoms with Crippen molar-refractivity contribution in [1.29, 1.82) is 0 Å². The molecule has 0 aliphatic rings. The van der Waals surface area contributed by atoms with Crippen LogP contribution in [0.15, 0.2) is 0 Å². The lowest BCUT2D eigenvalue weighted by molar-refractivity contribution is -0.118. The molecule has 0 radical (unpaired) electrons. The van der Waals surface area contributed by atoms with Gasteiger partial charge in [-0.25, -0.2) is 0 Å². The first-order chi connectivity index (χ1) is 3.50. The molecular formula is C4H7Cl2NO. The van der Waals surface area contributed by atoms with Gasteiger partial charge in [0, 0.05) is 0 Å². The minimum absolute atomic E-state index is 0.339. The normalized spacial score (nSPS) is 11.4. The van der Waals surface area contributed by atoms with E-state index in [4.69, 9.17) is 28.9 Å². The number of amides is 1. The summed E-state index contributed by atoms with van der Waals surface area (Å²) in [5.41, 5.74) is 4.78. The molecule has 1 amide bonds. The molecule has 0 unspecified atom stereocenters. The summed E-state index contributed by atoms with van der Waals surface area (Å²) in [7, 11) is 0. The molecule has 0 spiro atoms. The number of rotatable bonds is 2. The van der Waals surface area contributed by atoms with Crippen LogP contribution in [0.4, 0.5) is 0 Å². The zero-order chi connectivity index (χ0) is 6.78. The number of nitrogens with two attached hydrogens (primary N) is 1. The Morgan fingerprint density at radius 2 is 2.12 bits per heavy atom. The topological polar surface area (TPSA) is 43.1 Å². The molecule has 2 N–H and O–H groups in total. The van der Waals surface area contributed by atoms with Crippen molar-refractivity contribution in [2.75, 3.05) is 0 Å². The van der Waals surface area contributed by atoms with Gasteiger partial charge in [-0.2, -0.15) is 0 Å². The Kier molecular flexibility index (Phi) is 2.57. The van der Waals surface area contributed by atoms with Gasteiger partial charge in [-0.15, -0.1) is 0 Å². The highest BCUT2D eigenvalue weighted by molar-refractivity contribution is 6.57. The van der Waals surface area contributed by atoms with Crippen molar-refractivity contribution in [3.8, 4) is 0 Å². The van der Waals surface area contributed by atoms with Gasteiger partial charge in [0.25, 0.3) is 5.91 Å². The van der Waals surface area contributed by atoms with Crippen molar-refractivity contribution in [3.63, 3.8) is 0 Å². The Hall–Kier alpha value is 0.0500. The summed E-state index contributed by atoms with van der Waals surface area (Å²) in [4.78, 5) is 10.2. The van der Waals surface area contributed by atoms with Crippen molar-refractivity contribution in [2.24, 2.45) is 5.73 Å². The number of carbonyl (C=O) groups excluding carboxylic acids is 1. The number of halogens is 2. The van der Waals surface area contributed by atoms with Crippen molar-refractivity contribution in [1.82, 2.24) is 0 Å². The van der Waals surface area contributed by atoms with Crippen LogP contribution in [0.3, 0.4) is 0 Å². The van der Waals surface area contributed by atoms with Crippen molar-refractivity contribution in [2.45, 2.75) is 17.7 Å². The predicted molar refractivity (Wildman–Crippen MR) is 33.9 cm³/mol. The fraction of sp³-hybridized carbons (Fsp3) is 0.750. The fourth-order valence-electron chi connectivity index (χ4n) is 0.174. The van der Waals surface area contributed by atoms with E-state index in [0.717, 1.165) is 0 Å². The molecule has 0 aromatic carbocycles. The number of carbonyl (C=O) groups is 1. The third kappa shape index (κ3) is 1.88. The molecule has 4 heteroatoms. The van der Waals surface area contributed by atoms with Gasteiger partial charge in [-0.1, -0.05) is 30.1 Å². The summed E-state index contributed by atoms with van der Waals surface area (Å²) in [5, 5.41) is 0. The summed E-state index contributed by atoms with van der Waals surface area (Å²) < 4.78 is -1.38. The van der Waals surface area contributed by atoms with Gasteiger partial charge in [-0.05, 0) is 6.42 Å². The third-order valence-electron chi connectivity index (χ3n) is 0.805. The van der Waals surface area contributed by atoms with Crippen molar-refractivity contribution >= 4 is 29.1 Å². The van der Waals surface area contributed by atoms with Crippen LogP contribution in [-0.4, -0.2) is 10.2 Å². The Labute approximate surface area is 57.9 Å². The standard InChI is InChI=1S/C4H7Cl2NO/c1-2-4(5,6)3(7)8/h2H2,1H3,(H2,7,8). The van der Waals surface area contributed by atoms with Gasteiger partial charge in [0.1, 0.15) is 0 Å². The van der Waals surface area contributed by atoms with Crippen molar-refractivity contribution < 1.29 is 4.79 Å². The molecular weight excluding hydrogens is 149 g/mol. The Bertz CT molecular complexity index is 102. The molecule has 0 aliphatic carbocycles. The zero-order valence-corrected chi connectivity index (χ0v) is 5.96. The highest BCUT2D eigenvalue weighted by Crippen LogP contribution is 2.23. The molecule has 48 valence electrons. The molecule has 0 heterocycles. The minimum Gasteiger partial charge on any atom is -0.367 e. The second kappa shape index (κ2) is 2.55. The Morgan fingerprint density at radius 3 is 2.12 bits per heavy atom. The maximum atomic E-state index is 10.2. The first-order valence-electron chi connectivity index (χ1n) is 2.18. The molecule has 0 saturated carbocycles. The molecule has 0 fully saturated rings. The van der Waals surface area contributed by atoms with Crippen LogP contribution >= 0.6 is 23.2 Å². The largest absolute Gasteiger partial charge is 0.367 e. The first kappa shape index (κ1) is 8.05. The number of hydrogen-bond acceptors (Lipinski definition) is 1. The van der Waals surface area contributed by atoms with E-state index >= 15 is 0 Å². The van der Waals surface area contributed by atoms with Crippen LogP contribution in [0, 0.1) is 0 Å². The molecule has 0 atom stereocenters. The maximum Gasteiger partial charge on any atom is 0.253 e. The van der Waals surface area contributed by atoms with Crippen LogP contribution in [0.25, 0.3) is 0 Å². The van der Waals surface area contributed by atoms with Crippen LogP contribution in [0.5, 0.6) is 0 Å². The quantitative estimate of drug-likeness (QED) is 0.596. The molecule has 0 saturated heterocycles. The monoisotopic (exact) mass is 155 g/mol. The van der Waals surface area contributed by atoms with Crippen molar-refractivity contribution in [3.05, 3.63) is 0 Å². The van der Waals surface area contributed by atoms with Gasteiger partial charge >= 0.3 is 0 Å². The second-order valence-electron chi connectivity index (χ2n) is 1.42. The van der Waals surface area contributed by atoms with E-state index in [1.807, 2.05) is 0 Å². The SMILES string of the molecule is CCC(Cl)(Cl)C(N)=O. The van der Waals surface area contributed by atoms with Crippen LogP contribution in [-0.2, 0) is 4.79 Å². The zero-order valence-electron chi connectivity index (χ0n) is 4.45. The minimum atomic E-state index is -1.38. The summed E-state index contributed by atoms with van der Waals surface area (Å²) in [6, 6.07) is 0. The number of alkyl halides is 2. The van der Waals surface area contributed by atoms with Crippen LogP contribution in [0.2, 0.25) is 0 Å². The fourth-order valence-corrected chi connectivity index (χ4v) is 0.174. The van der Waals surface area contributed by atoms with E-state index in [9.17, 15) is 4.79 Å². The Morgan fingerprint density at radius 1 is 1.75 bits per heavy atom. The molecule has 0 aromatic heterocycles.